The van der Waals surface area contributed by atoms with E-state index in [1.54, 1.807) is 18.2 Å². The first-order valence-corrected chi connectivity index (χ1v) is 14.2. The van der Waals surface area contributed by atoms with Crippen LogP contribution < -0.4 is 9.64 Å². The van der Waals surface area contributed by atoms with E-state index >= 15 is 0 Å². The Labute approximate surface area is 201 Å². The first-order valence-electron chi connectivity index (χ1n) is 11.3. The van der Waals surface area contributed by atoms with E-state index in [1.807, 2.05) is 4.90 Å². The van der Waals surface area contributed by atoms with Crippen molar-refractivity contribution in [3.8, 4) is 5.75 Å². The first kappa shape index (κ1) is 24.9. The van der Waals surface area contributed by atoms with Crippen LogP contribution in [0.2, 0.25) is 0 Å². The third-order valence-electron chi connectivity index (χ3n) is 6.44. The molecule has 2 aromatic rings. The maximum absolute atomic E-state index is 14.1. The highest BCUT2D eigenvalue weighted by Gasteiger charge is 2.33. The van der Waals surface area contributed by atoms with Gasteiger partial charge in [0.1, 0.15) is 16.5 Å². The van der Waals surface area contributed by atoms with E-state index in [2.05, 4.69) is 6.92 Å². The summed E-state index contributed by atoms with van der Waals surface area (Å²) < 4.78 is 74.8. The summed E-state index contributed by atoms with van der Waals surface area (Å²) in [5.41, 5.74) is 0.594. The van der Waals surface area contributed by atoms with Crippen LogP contribution in [0.4, 0.5) is 10.1 Å². The molecule has 2 aliphatic heterocycles. The number of halogens is 1. The SMILES string of the molecule is COc1ccc(S(=O)(=O)N2CCC[C@@H](C)C2)cc1N1CCN(S(=O)(=O)c2ccccc2F)CC1. The van der Waals surface area contributed by atoms with Gasteiger partial charge in [-0.3, -0.25) is 0 Å². The quantitative estimate of drug-likeness (QED) is 0.593. The molecule has 2 aromatic carbocycles. The third kappa shape index (κ3) is 4.79. The molecule has 2 fully saturated rings. The number of methoxy groups -OCH3 is 1. The van der Waals surface area contributed by atoms with Gasteiger partial charge in [0.25, 0.3) is 0 Å². The van der Waals surface area contributed by atoms with Crippen LogP contribution in [0.25, 0.3) is 0 Å². The molecule has 0 radical (unpaired) electrons. The molecule has 0 aliphatic carbocycles. The molecule has 11 heteroatoms. The van der Waals surface area contributed by atoms with Gasteiger partial charge in [0.2, 0.25) is 20.0 Å². The number of piperidine rings is 1. The van der Waals surface area contributed by atoms with Gasteiger partial charge in [0.05, 0.1) is 17.7 Å². The molecule has 2 aliphatic rings. The lowest BCUT2D eigenvalue weighted by atomic mass is 10.0. The van der Waals surface area contributed by atoms with Crippen LogP contribution in [0.3, 0.4) is 0 Å². The predicted molar refractivity (Wildman–Crippen MR) is 128 cm³/mol. The minimum atomic E-state index is -3.97. The number of nitrogens with zero attached hydrogens (tertiary/aromatic N) is 3. The molecule has 0 N–H and O–H groups in total. The van der Waals surface area contributed by atoms with Crippen LogP contribution in [0.15, 0.2) is 52.3 Å². The van der Waals surface area contributed by atoms with Crippen LogP contribution in [0.1, 0.15) is 19.8 Å². The lowest BCUT2D eigenvalue weighted by Gasteiger charge is -2.36. The lowest BCUT2D eigenvalue weighted by Crippen LogP contribution is -2.49. The molecule has 34 heavy (non-hydrogen) atoms. The summed E-state index contributed by atoms with van der Waals surface area (Å²) in [4.78, 5) is 1.76. The average molecular weight is 512 g/mol. The van der Waals surface area contributed by atoms with Gasteiger partial charge in [-0.2, -0.15) is 8.61 Å². The molecule has 0 unspecified atom stereocenters. The van der Waals surface area contributed by atoms with Crippen LogP contribution in [-0.2, 0) is 20.0 Å². The largest absolute Gasteiger partial charge is 0.495 e. The molecule has 4 rings (SSSR count). The Balaban J connectivity index is 1.56. The van der Waals surface area contributed by atoms with Gasteiger partial charge in [0, 0.05) is 39.3 Å². The predicted octanol–water partition coefficient (Wildman–Crippen LogP) is 2.77. The topological polar surface area (TPSA) is 87.2 Å². The first-order chi connectivity index (χ1) is 16.1. The van der Waals surface area contributed by atoms with E-state index in [0.29, 0.717) is 43.5 Å². The van der Waals surface area contributed by atoms with Crippen molar-refractivity contribution in [3.63, 3.8) is 0 Å². The molecule has 8 nitrogen and oxygen atoms in total. The van der Waals surface area contributed by atoms with Crippen LogP contribution in [-0.4, -0.2) is 71.8 Å². The van der Waals surface area contributed by atoms with Crippen molar-refractivity contribution in [1.82, 2.24) is 8.61 Å². The summed E-state index contributed by atoms with van der Waals surface area (Å²) in [7, 11) is -6.11. The number of hydrogen-bond acceptors (Lipinski definition) is 6. The van der Waals surface area contributed by atoms with Gasteiger partial charge in [-0.25, -0.2) is 21.2 Å². The Kier molecular flexibility index (Phi) is 7.18. The number of rotatable bonds is 6. The van der Waals surface area contributed by atoms with Crippen molar-refractivity contribution >= 4 is 25.7 Å². The Morgan fingerprint density at radius 1 is 0.912 bits per heavy atom. The minimum Gasteiger partial charge on any atom is -0.495 e. The summed E-state index contributed by atoms with van der Waals surface area (Å²) in [6, 6.07) is 10.1. The third-order valence-corrected chi connectivity index (χ3v) is 10.2. The summed E-state index contributed by atoms with van der Waals surface area (Å²) >= 11 is 0. The molecule has 2 heterocycles. The number of ether oxygens (including phenoxy) is 1. The smallest absolute Gasteiger partial charge is 0.246 e. The molecule has 0 saturated carbocycles. The summed E-state index contributed by atoms with van der Waals surface area (Å²) in [5, 5.41) is 0. The molecule has 0 bridgehead atoms. The van der Waals surface area contributed by atoms with Gasteiger partial charge in [0.15, 0.2) is 0 Å². The Hall–Kier alpha value is -2.21. The van der Waals surface area contributed by atoms with Crippen molar-refractivity contribution in [2.45, 2.75) is 29.6 Å². The fraction of sp³-hybridized carbons (Fsp3) is 0.478. The monoisotopic (exact) mass is 511 g/mol. The van der Waals surface area contributed by atoms with Gasteiger partial charge in [-0.05, 0) is 49.1 Å². The van der Waals surface area contributed by atoms with E-state index < -0.39 is 25.9 Å². The zero-order chi connectivity index (χ0) is 24.5. The minimum absolute atomic E-state index is 0.139. The van der Waals surface area contributed by atoms with E-state index in [0.717, 1.165) is 18.9 Å². The molecular weight excluding hydrogens is 481 g/mol. The van der Waals surface area contributed by atoms with Gasteiger partial charge < -0.3 is 9.64 Å². The van der Waals surface area contributed by atoms with Crippen molar-refractivity contribution in [2.24, 2.45) is 5.92 Å². The lowest BCUT2D eigenvalue weighted by molar-refractivity contribution is 0.281. The van der Waals surface area contributed by atoms with E-state index in [4.69, 9.17) is 4.74 Å². The van der Waals surface area contributed by atoms with Crippen LogP contribution in [0, 0.1) is 11.7 Å². The van der Waals surface area contributed by atoms with E-state index in [1.165, 1.54) is 33.9 Å². The molecule has 186 valence electrons. The Morgan fingerprint density at radius 2 is 1.62 bits per heavy atom. The van der Waals surface area contributed by atoms with Crippen molar-refractivity contribution < 1.29 is 26.0 Å². The number of piperazine rings is 1. The van der Waals surface area contributed by atoms with Crippen LogP contribution in [0.5, 0.6) is 5.75 Å². The number of hydrogen-bond donors (Lipinski definition) is 0. The van der Waals surface area contributed by atoms with Crippen molar-refractivity contribution in [2.75, 3.05) is 51.3 Å². The summed E-state index contributed by atoms with van der Waals surface area (Å²) in [5.74, 6) is 0.0404. The highest BCUT2D eigenvalue weighted by Crippen LogP contribution is 2.34. The van der Waals surface area contributed by atoms with Crippen LogP contribution >= 0.6 is 0 Å². The molecule has 0 amide bonds. The number of anilines is 1. The maximum atomic E-state index is 14.1. The number of benzene rings is 2. The normalized spacial score (nSPS) is 20.9. The molecule has 0 spiro atoms. The Bertz CT molecular complexity index is 1250. The summed E-state index contributed by atoms with van der Waals surface area (Å²) in [6.07, 6.45) is 1.85. The fourth-order valence-electron chi connectivity index (χ4n) is 4.55. The number of sulfonamides is 2. The van der Waals surface area contributed by atoms with Gasteiger partial charge in [-0.15, -0.1) is 0 Å². The standard InChI is InChI=1S/C23H30FN3O5S2/c1-18-6-5-11-27(17-18)33(28,29)19-9-10-22(32-2)21(16-19)25-12-14-26(15-13-25)34(30,31)23-8-4-3-7-20(23)24/h3-4,7-10,16,18H,5-6,11-15,17H2,1-2H3/t18-/m1/s1. The average Bonchev–Trinajstić information content (AvgIpc) is 2.84. The second kappa shape index (κ2) is 9.80. The highest BCUT2D eigenvalue weighted by molar-refractivity contribution is 7.89. The van der Waals surface area contributed by atoms with E-state index in [-0.39, 0.29) is 22.9 Å². The zero-order valence-corrected chi connectivity index (χ0v) is 21.0. The highest BCUT2D eigenvalue weighted by atomic mass is 32.2. The fourth-order valence-corrected chi connectivity index (χ4v) is 7.66. The van der Waals surface area contributed by atoms with Gasteiger partial charge >= 0.3 is 0 Å². The second-order valence-electron chi connectivity index (χ2n) is 8.77. The molecule has 0 aromatic heterocycles. The van der Waals surface area contributed by atoms with Crippen molar-refractivity contribution in [1.29, 1.82) is 0 Å². The molecule has 1 atom stereocenters. The van der Waals surface area contributed by atoms with Crippen molar-refractivity contribution in [3.05, 3.63) is 48.3 Å². The molecule has 2 saturated heterocycles. The summed E-state index contributed by atoms with van der Waals surface area (Å²) in [6.45, 7) is 3.95. The Morgan fingerprint density at radius 3 is 2.26 bits per heavy atom. The molecular formula is C23H30FN3O5S2. The maximum Gasteiger partial charge on any atom is 0.246 e. The second-order valence-corrected chi connectivity index (χ2v) is 12.6. The zero-order valence-electron chi connectivity index (χ0n) is 19.4. The van der Waals surface area contributed by atoms with E-state index in [9.17, 15) is 21.2 Å². The van der Waals surface area contributed by atoms with Gasteiger partial charge in [-0.1, -0.05) is 19.1 Å².